The second-order valence-electron chi connectivity index (χ2n) is 7.36. The van der Waals surface area contributed by atoms with Crippen LogP contribution in [0, 0.1) is 0 Å². The molecule has 0 fully saturated rings. The van der Waals surface area contributed by atoms with Crippen LogP contribution in [0.2, 0.25) is 0 Å². The van der Waals surface area contributed by atoms with Crippen LogP contribution in [0.5, 0.6) is 5.75 Å². The van der Waals surface area contributed by atoms with Crippen molar-refractivity contribution in [1.29, 1.82) is 0 Å². The molecule has 0 unspecified atom stereocenters. The van der Waals surface area contributed by atoms with Gasteiger partial charge in [0.05, 0.1) is 18.1 Å². The van der Waals surface area contributed by atoms with Gasteiger partial charge in [0.2, 0.25) is 0 Å². The summed E-state index contributed by atoms with van der Waals surface area (Å²) in [5, 5.41) is 2.98. The maximum atomic E-state index is 12.2. The van der Waals surface area contributed by atoms with Gasteiger partial charge in [-0.2, -0.15) is 0 Å². The lowest BCUT2D eigenvalue weighted by Crippen LogP contribution is -2.24. The van der Waals surface area contributed by atoms with Crippen molar-refractivity contribution in [1.82, 2.24) is 14.9 Å². The predicted molar refractivity (Wildman–Crippen MR) is 117 cm³/mol. The van der Waals surface area contributed by atoms with Crippen molar-refractivity contribution >= 4 is 16.9 Å². The Morgan fingerprint density at radius 1 is 1.10 bits per heavy atom. The maximum absolute atomic E-state index is 12.2. The Kier molecular flexibility index (Phi) is 7.06. The Bertz CT molecular complexity index is 973. The third-order valence-electron chi connectivity index (χ3n) is 4.88. The molecule has 5 nitrogen and oxygen atoms in total. The van der Waals surface area contributed by atoms with E-state index in [4.69, 9.17) is 9.72 Å². The lowest BCUT2D eigenvalue weighted by Gasteiger charge is -2.09. The molecule has 0 aliphatic carbocycles. The van der Waals surface area contributed by atoms with Crippen LogP contribution >= 0.6 is 0 Å². The maximum Gasteiger partial charge on any atom is 0.251 e. The quantitative estimate of drug-likeness (QED) is 0.400. The molecule has 0 spiro atoms. The van der Waals surface area contributed by atoms with Crippen LogP contribution in [0.15, 0.2) is 60.7 Å². The van der Waals surface area contributed by atoms with Crippen molar-refractivity contribution in [3.8, 4) is 5.75 Å². The number of nitrogens with one attached hydrogen (secondary N) is 1. The molecule has 5 heteroatoms. The van der Waals surface area contributed by atoms with E-state index in [0.29, 0.717) is 12.1 Å². The fourth-order valence-electron chi connectivity index (χ4n) is 3.39. The summed E-state index contributed by atoms with van der Waals surface area (Å²) in [6, 6.07) is 15.4. The minimum atomic E-state index is -0.0455. The summed E-state index contributed by atoms with van der Waals surface area (Å²) in [5.41, 5.74) is 3.97. The molecule has 0 atom stereocenters. The van der Waals surface area contributed by atoms with Gasteiger partial charge in [0.1, 0.15) is 11.6 Å². The second-order valence-corrected chi connectivity index (χ2v) is 7.36. The number of benzene rings is 2. The number of hydrogen-bond acceptors (Lipinski definition) is 3. The van der Waals surface area contributed by atoms with Crippen molar-refractivity contribution in [2.75, 3.05) is 13.7 Å². The molecule has 1 N–H and O–H groups in total. The van der Waals surface area contributed by atoms with Gasteiger partial charge in [0.15, 0.2) is 0 Å². The number of hydrogen-bond donors (Lipinski definition) is 1. The normalized spacial score (nSPS) is 10.8. The molecule has 1 aromatic heterocycles. The summed E-state index contributed by atoms with van der Waals surface area (Å²) in [6.45, 7) is 7.57. The van der Waals surface area contributed by atoms with Crippen molar-refractivity contribution < 1.29 is 9.53 Å². The van der Waals surface area contributed by atoms with Crippen LogP contribution in [0.1, 0.15) is 42.4 Å². The van der Waals surface area contributed by atoms with Crippen molar-refractivity contribution in [3.05, 3.63) is 72.1 Å². The Morgan fingerprint density at radius 2 is 1.86 bits per heavy atom. The standard InChI is InChI=1S/C24H29N3O2/c1-18(2)17-27-22-10-7-6-9-21(22)26-23(27)11-5-4-8-16-25-24(28)19-12-14-20(29-3)15-13-19/h6-7,9-10,12-15H,1,4-5,8,11,16-17H2,2-3H3,(H,25,28). The van der Waals surface area contributed by atoms with Crippen LogP contribution in [0.3, 0.4) is 0 Å². The minimum Gasteiger partial charge on any atom is -0.497 e. The van der Waals surface area contributed by atoms with E-state index in [1.807, 2.05) is 19.1 Å². The zero-order valence-electron chi connectivity index (χ0n) is 17.3. The van der Waals surface area contributed by atoms with E-state index in [2.05, 4.69) is 28.6 Å². The molecule has 0 aliphatic heterocycles. The highest BCUT2D eigenvalue weighted by molar-refractivity contribution is 5.94. The number of amides is 1. The number of methoxy groups -OCH3 is 1. The highest BCUT2D eigenvalue weighted by Gasteiger charge is 2.10. The number of rotatable bonds is 10. The highest BCUT2D eigenvalue weighted by atomic mass is 16.5. The SMILES string of the molecule is C=C(C)Cn1c(CCCCCNC(=O)c2ccc(OC)cc2)nc2ccccc21. The molecule has 3 rings (SSSR count). The number of ether oxygens (including phenoxy) is 1. The summed E-state index contributed by atoms with van der Waals surface area (Å²) < 4.78 is 7.38. The van der Waals surface area contributed by atoms with Crippen LogP contribution in [0.4, 0.5) is 0 Å². The summed E-state index contributed by atoms with van der Waals surface area (Å²) >= 11 is 0. The molecule has 2 aromatic carbocycles. The van der Waals surface area contributed by atoms with Gasteiger partial charge in [0.25, 0.3) is 5.91 Å². The molecule has 1 heterocycles. The first-order valence-corrected chi connectivity index (χ1v) is 10.1. The van der Waals surface area contributed by atoms with Gasteiger partial charge in [-0.05, 0) is 56.2 Å². The number of unbranched alkanes of at least 4 members (excludes halogenated alkanes) is 2. The number of imidazole rings is 1. The number of aromatic nitrogens is 2. The molecular weight excluding hydrogens is 362 g/mol. The first-order chi connectivity index (χ1) is 14.1. The second kappa shape index (κ2) is 9.92. The van der Waals surface area contributed by atoms with Gasteiger partial charge in [-0.15, -0.1) is 0 Å². The van der Waals surface area contributed by atoms with Gasteiger partial charge in [-0.1, -0.05) is 30.7 Å². The molecule has 0 bridgehead atoms. The number of aryl methyl sites for hydroxylation is 1. The third-order valence-corrected chi connectivity index (χ3v) is 4.88. The van der Waals surface area contributed by atoms with E-state index in [1.54, 1.807) is 31.4 Å². The lowest BCUT2D eigenvalue weighted by atomic mass is 10.1. The Labute approximate surface area is 172 Å². The Morgan fingerprint density at radius 3 is 2.59 bits per heavy atom. The average Bonchev–Trinajstić information content (AvgIpc) is 3.07. The first kappa shape index (κ1) is 20.6. The molecule has 0 saturated carbocycles. The Hall–Kier alpha value is -3.08. The van der Waals surface area contributed by atoms with E-state index < -0.39 is 0 Å². The first-order valence-electron chi connectivity index (χ1n) is 10.1. The van der Waals surface area contributed by atoms with Crippen LogP contribution in [-0.4, -0.2) is 29.1 Å². The smallest absolute Gasteiger partial charge is 0.251 e. The lowest BCUT2D eigenvalue weighted by molar-refractivity contribution is 0.0953. The van der Waals surface area contributed by atoms with Gasteiger partial charge < -0.3 is 14.6 Å². The van der Waals surface area contributed by atoms with Crippen molar-refractivity contribution in [2.45, 2.75) is 39.2 Å². The van der Waals surface area contributed by atoms with Gasteiger partial charge in [0, 0.05) is 25.1 Å². The number of allylic oxidation sites excluding steroid dienone is 1. The van der Waals surface area contributed by atoms with Crippen molar-refractivity contribution in [3.63, 3.8) is 0 Å². The third kappa shape index (κ3) is 5.47. The summed E-state index contributed by atoms with van der Waals surface area (Å²) in [6.07, 6.45) is 3.95. The van der Waals surface area contributed by atoms with Gasteiger partial charge >= 0.3 is 0 Å². The highest BCUT2D eigenvalue weighted by Crippen LogP contribution is 2.19. The largest absolute Gasteiger partial charge is 0.497 e. The molecule has 0 saturated heterocycles. The molecule has 1 amide bonds. The predicted octanol–water partition coefficient (Wildman–Crippen LogP) is 4.76. The summed E-state index contributed by atoms with van der Waals surface area (Å²) in [7, 11) is 1.61. The molecule has 29 heavy (non-hydrogen) atoms. The van der Waals surface area contributed by atoms with Gasteiger partial charge in [-0.3, -0.25) is 4.79 Å². The van der Waals surface area contributed by atoms with E-state index in [9.17, 15) is 4.79 Å². The Balaban J connectivity index is 1.45. The monoisotopic (exact) mass is 391 g/mol. The average molecular weight is 392 g/mol. The van der Waals surface area contributed by atoms with E-state index in [0.717, 1.165) is 60.4 Å². The number of nitrogens with zero attached hydrogens (tertiary/aromatic N) is 2. The van der Waals surface area contributed by atoms with Crippen molar-refractivity contribution in [2.24, 2.45) is 0 Å². The molecule has 0 radical (unpaired) electrons. The van der Waals surface area contributed by atoms with Crippen LogP contribution in [0.25, 0.3) is 11.0 Å². The van der Waals surface area contributed by atoms with Gasteiger partial charge in [-0.25, -0.2) is 4.98 Å². The molecule has 0 aliphatic rings. The van der Waals surface area contributed by atoms with Crippen LogP contribution in [-0.2, 0) is 13.0 Å². The topological polar surface area (TPSA) is 56.2 Å². The summed E-state index contributed by atoms with van der Waals surface area (Å²) in [4.78, 5) is 17.0. The fourth-order valence-corrected chi connectivity index (χ4v) is 3.39. The zero-order valence-corrected chi connectivity index (χ0v) is 17.3. The fraction of sp³-hybridized carbons (Fsp3) is 0.333. The summed E-state index contributed by atoms with van der Waals surface area (Å²) in [5.74, 6) is 1.81. The number of fused-ring (bicyclic) bond motifs is 1. The number of carbonyl (C=O) groups excluding carboxylic acids is 1. The molecule has 3 aromatic rings. The number of para-hydroxylation sites is 2. The molecular formula is C24H29N3O2. The molecule has 152 valence electrons. The van der Waals surface area contributed by atoms with E-state index >= 15 is 0 Å². The zero-order chi connectivity index (χ0) is 20.6. The van der Waals surface area contributed by atoms with Crippen LogP contribution < -0.4 is 10.1 Å². The number of carbonyl (C=O) groups is 1. The van der Waals surface area contributed by atoms with E-state index in [1.165, 1.54) is 0 Å². The van der Waals surface area contributed by atoms with E-state index in [-0.39, 0.29) is 5.91 Å². The minimum absolute atomic E-state index is 0.0455.